The molecule has 0 aliphatic rings. The molecule has 3 N–H and O–H groups in total. The highest BCUT2D eigenvalue weighted by molar-refractivity contribution is 5.74. The Hall–Kier alpha value is -1.59. The van der Waals surface area contributed by atoms with E-state index in [9.17, 15) is 9.90 Å². The zero-order valence-corrected chi connectivity index (χ0v) is 12.3. The third kappa shape index (κ3) is 5.59. The molecule has 0 aliphatic heterocycles. The molecule has 5 nitrogen and oxygen atoms in total. The van der Waals surface area contributed by atoms with E-state index in [1.165, 1.54) is 0 Å². The molecule has 0 radical (unpaired) electrons. The van der Waals surface area contributed by atoms with Gasteiger partial charge >= 0.3 is 6.03 Å². The molecule has 0 spiro atoms. The third-order valence-electron chi connectivity index (χ3n) is 3.12. The summed E-state index contributed by atoms with van der Waals surface area (Å²) in [4.78, 5) is 11.7. The molecule has 2 atom stereocenters. The molecule has 1 rings (SSSR count). The number of rotatable bonds is 7. The molecule has 112 valence electrons. The van der Waals surface area contributed by atoms with Gasteiger partial charge in [-0.05, 0) is 25.8 Å². The van der Waals surface area contributed by atoms with Gasteiger partial charge in [0.1, 0.15) is 5.60 Å². The van der Waals surface area contributed by atoms with Gasteiger partial charge in [-0.2, -0.15) is 0 Å². The van der Waals surface area contributed by atoms with Crippen molar-refractivity contribution in [1.29, 1.82) is 0 Å². The molecule has 0 aliphatic carbocycles. The number of carbonyl (C=O) groups excluding carboxylic acids is 1. The van der Waals surface area contributed by atoms with E-state index in [1.807, 2.05) is 37.3 Å². The van der Waals surface area contributed by atoms with E-state index in [2.05, 4.69) is 10.6 Å². The van der Waals surface area contributed by atoms with Crippen LogP contribution in [0.2, 0.25) is 0 Å². The van der Waals surface area contributed by atoms with Crippen molar-refractivity contribution in [3.05, 3.63) is 35.9 Å². The number of nitrogens with one attached hydrogen (secondary N) is 2. The maximum Gasteiger partial charge on any atom is 0.315 e. The number of hydrogen-bond acceptors (Lipinski definition) is 3. The van der Waals surface area contributed by atoms with Crippen LogP contribution >= 0.6 is 0 Å². The molecule has 1 aromatic carbocycles. The van der Waals surface area contributed by atoms with Crippen LogP contribution in [-0.4, -0.2) is 37.4 Å². The van der Waals surface area contributed by atoms with Gasteiger partial charge in [0.05, 0.1) is 6.54 Å². The van der Waals surface area contributed by atoms with E-state index < -0.39 is 5.60 Å². The second-order valence-electron chi connectivity index (χ2n) is 5.15. The zero-order chi connectivity index (χ0) is 15.0. The lowest BCUT2D eigenvalue weighted by molar-refractivity contribution is 0.0592. The number of carbonyl (C=O) groups is 1. The molecule has 0 saturated carbocycles. The highest BCUT2D eigenvalue weighted by atomic mass is 16.5. The Balaban J connectivity index is 2.40. The first-order chi connectivity index (χ1) is 9.45. The van der Waals surface area contributed by atoms with E-state index in [4.69, 9.17) is 4.74 Å². The average Bonchev–Trinajstić information content (AvgIpc) is 2.44. The van der Waals surface area contributed by atoms with Crippen LogP contribution in [0.1, 0.15) is 25.8 Å². The summed E-state index contributed by atoms with van der Waals surface area (Å²) in [7, 11) is 1.63. The van der Waals surface area contributed by atoms with Gasteiger partial charge in [0.2, 0.25) is 0 Å². The number of hydrogen-bond donors (Lipinski definition) is 3. The molecular weight excluding hydrogens is 256 g/mol. The number of aliphatic hydroxyl groups is 1. The molecule has 2 unspecified atom stereocenters. The van der Waals surface area contributed by atoms with Crippen LogP contribution in [0.5, 0.6) is 0 Å². The standard InChI is InChI=1S/C15H24N2O3/c1-12(9-10-20-3)17-14(18)16-11-15(2,19)13-7-5-4-6-8-13/h4-8,12,19H,9-11H2,1-3H3,(H2,16,17,18). The van der Waals surface area contributed by atoms with Crippen molar-refractivity contribution < 1.29 is 14.6 Å². The summed E-state index contributed by atoms with van der Waals surface area (Å²) in [6, 6.07) is 9.01. The number of methoxy groups -OCH3 is 1. The van der Waals surface area contributed by atoms with Crippen LogP contribution in [0.25, 0.3) is 0 Å². The van der Waals surface area contributed by atoms with E-state index in [0.29, 0.717) is 6.61 Å². The van der Waals surface area contributed by atoms with Crippen LogP contribution in [0.3, 0.4) is 0 Å². The maximum absolute atomic E-state index is 11.7. The fourth-order valence-electron chi connectivity index (χ4n) is 1.79. The Bertz CT molecular complexity index is 407. The number of urea groups is 1. The second kappa shape index (κ2) is 7.87. The van der Waals surface area contributed by atoms with Crippen molar-refractivity contribution in [3.63, 3.8) is 0 Å². The fraction of sp³-hybridized carbons (Fsp3) is 0.533. The molecule has 1 aromatic rings. The second-order valence-corrected chi connectivity index (χ2v) is 5.15. The van der Waals surface area contributed by atoms with E-state index >= 15 is 0 Å². The van der Waals surface area contributed by atoms with Gasteiger partial charge in [-0.3, -0.25) is 0 Å². The van der Waals surface area contributed by atoms with Gasteiger partial charge in [-0.25, -0.2) is 4.79 Å². The van der Waals surface area contributed by atoms with Gasteiger partial charge in [0.15, 0.2) is 0 Å². The van der Waals surface area contributed by atoms with Crippen LogP contribution in [0, 0.1) is 0 Å². The Morgan fingerprint density at radius 1 is 1.40 bits per heavy atom. The Labute approximate surface area is 120 Å². The predicted octanol–water partition coefficient (Wildman–Crippen LogP) is 1.62. The normalized spacial score (nSPS) is 15.2. The van der Waals surface area contributed by atoms with E-state index in [-0.39, 0.29) is 18.6 Å². The summed E-state index contributed by atoms with van der Waals surface area (Å²) in [5, 5.41) is 15.8. The number of ether oxygens (including phenoxy) is 1. The summed E-state index contributed by atoms with van der Waals surface area (Å²) >= 11 is 0. The summed E-state index contributed by atoms with van der Waals surface area (Å²) < 4.78 is 4.95. The molecule has 0 aromatic heterocycles. The summed E-state index contributed by atoms with van der Waals surface area (Å²) in [5.74, 6) is 0. The first-order valence-electron chi connectivity index (χ1n) is 6.77. The van der Waals surface area contributed by atoms with Gasteiger partial charge in [0.25, 0.3) is 0 Å². The van der Waals surface area contributed by atoms with Crippen molar-refractivity contribution in [3.8, 4) is 0 Å². The van der Waals surface area contributed by atoms with Crippen LogP contribution in [-0.2, 0) is 10.3 Å². The fourth-order valence-corrected chi connectivity index (χ4v) is 1.79. The van der Waals surface area contributed by atoms with Gasteiger partial charge in [0, 0.05) is 19.8 Å². The Morgan fingerprint density at radius 3 is 2.65 bits per heavy atom. The molecule has 5 heteroatoms. The smallest absolute Gasteiger partial charge is 0.315 e. The number of benzene rings is 1. The quantitative estimate of drug-likeness (QED) is 0.711. The van der Waals surface area contributed by atoms with Crippen molar-refractivity contribution in [1.82, 2.24) is 10.6 Å². The Morgan fingerprint density at radius 2 is 2.05 bits per heavy atom. The van der Waals surface area contributed by atoms with Gasteiger partial charge in [-0.15, -0.1) is 0 Å². The van der Waals surface area contributed by atoms with Crippen molar-refractivity contribution in [2.45, 2.75) is 31.9 Å². The maximum atomic E-state index is 11.7. The molecule has 20 heavy (non-hydrogen) atoms. The molecule has 0 fully saturated rings. The van der Waals surface area contributed by atoms with Gasteiger partial charge < -0.3 is 20.5 Å². The first-order valence-corrected chi connectivity index (χ1v) is 6.77. The van der Waals surface area contributed by atoms with E-state index in [1.54, 1.807) is 14.0 Å². The molecule has 0 heterocycles. The minimum atomic E-state index is -1.09. The minimum Gasteiger partial charge on any atom is -0.385 e. The molecular formula is C15H24N2O3. The van der Waals surface area contributed by atoms with Crippen LogP contribution < -0.4 is 10.6 Å². The predicted molar refractivity (Wildman–Crippen MR) is 78.5 cm³/mol. The van der Waals surface area contributed by atoms with Crippen LogP contribution in [0.15, 0.2) is 30.3 Å². The molecule has 2 amide bonds. The van der Waals surface area contributed by atoms with Crippen molar-refractivity contribution >= 4 is 6.03 Å². The van der Waals surface area contributed by atoms with Crippen molar-refractivity contribution in [2.24, 2.45) is 0 Å². The monoisotopic (exact) mass is 280 g/mol. The first kappa shape index (κ1) is 16.5. The van der Waals surface area contributed by atoms with Gasteiger partial charge in [-0.1, -0.05) is 30.3 Å². The molecule has 0 bridgehead atoms. The number of amides is 2. The highest BCUT2D eigenvalue weighted by Gasteiger charge is 2.23. The average molecular weight is 280 g/mol. The van der Waals surface area contributed by atoms with Crippen LogP contribution in [0.4, 0.5) is 4.79 Å². The van der Waals surface area contributed by atoms with Crippen molar-refractivity contribution in [2.75, 3.05) is 20.3 Å². The lowest BCUT2D eigenvalue weighted by atomic mass is 9.96. The van der Waals surface area contributed by atoms with E-state index in [0.717, 1.165) is 12.0 Å². The summed E-state index contributed by atoms with van der Waals surface area (Å²) in [5.41, 5.74) is -0.318. The summed E-state index contributed by atoms with van der Waals surface area (Å²) in [6.45, 7) is 4.34. The highest BCUT2D eigenvalue weighted by Crippen LogP contribution is 2.18. The Kier molecular flexibility index (Phi) is 6.48. The minimum absolute atomic E-state index is 0.0247. The topological polar surface area (TPSA) is 70.6 Å². The largest absolute Gasteiger partial charge is 0.385 e. The third-order valence-corrected chi connectivity index (χ3v) is 3.12. The lowest BCUT2D eigenvalue weighted by Gasteiger charge is -2.25. The summed E-state index contributed by atoms with van der Waals surface area (Å²) in [6.07, 6.45) is 0.749. The SMILES string of the molecule is COCCC(C)NC(=O)NCC(C)(O)c1ccccc1. The zero-order valence-electron chi connectivity index (χ0n) is 12.3. The molecule has 0 saturated heterocycles. The lowest BCUT2D eigenvalue weighted by Crippen LogP contribution is -2.46.